The minimum absolute atomic E-state index is 0.708. The zero-order valence-electron chi connectivity index (χ0n) is 5.97. The lowest BCUT2D eigenvalue weighted by molar-refractivity contribution is -0.889. The molecule has 0 aromatic heterocycles. The molecule has 0 aliphatic carbocycles. The summed E-state index contributed by atoms with van der Waals surface area (Å²) in [7, 11) is 2.15. The van der Waals surface area contributed by atoms with Crippen LogP contribution >= 0.6 is 0 Å². The average molecular weight is 128 g/mol. The van der Waals surface area contributed by atoms with Gasteiger partial charge in [-0.05, 0) is 0 Å². The fourth-order valence-corrected chi connectivity index (χ4v) is 1.46. The van der Waals surface area contributed by atoms with Crippen LogP contribution in [0.25, 0.3) is 0 Å². The quantitative estimate of drug-likeness (QED) is 0.389. The van der Waals surface area contributed by atoms with Crippen molar-refractivity contribution in [3.05, 3.63) is 0 Å². The number of rotatable bonds is 2. The van der Waals surface area contributed by atoms with Crippen LogP contribution in [-0.4, -0.2) is 37.5 Å². The third-order valence-electron chi connectivity index (χ3n) is 2.16. The molecule has 9 heavy (non-hydrogen) atoms. The Morgan fingerprint density at radius 3 is 2.44 bits per heavy atom. The summed E-state index contributed by atoms with van der Waals surface area (Å²) in [6, 6.07) is 0. The molecule has 1 fully saturated rings. The highest BCUT2D eigenvalue weighted by Gasteiger charge is 2.25. The molecule has 0 bridgehead atoms. The van der Waals surface area contributed by atoms with Gasteiger partial charge in [-0.25, -0.2) is 0 Å². The van der Waals surface area contributed by atoms with E-state index in [-0.39, 0.29) is 0 Å². The lowest BCUT2D eigenvalue weighted by Gasteiger charge is -2.25. The number of carbonyl (C=O) groups is 1. The summed E-state index contributed by atoms with van der Waals surface area (Å²) in [5.74, 6) is 0. The van der Waals surface area contributed by atoms with Gasteiger partial charge in [0.15, 0.2) is 6.29 Å². The smallest absolute Gasteiger partial charge is 0.174 e. The molecule has 0 amide bonds. The number of likely N-dealkylation sites (N-methyl/N-ethyl adjacent to an activating group) is 1. The number of hydrogen-bond donors (Lipinski definition) is 0. The molecular formula is C7H14NO+. The molecule has 0 unspecified atom stereocenters. The van der Waals surface area contributed by atoms with E-state index in [1.54, 1.807) is 0 Å². The first-order valence-corrected chi connectivity index (χ1v) is 3.54. The Labute approximate surface area is 56.1 Å². The van der Waals surface area contributed by atoms with E-state index in [0.29, 0.717) is 6.54 Å². The molecular weight excluding hydrogens is 114 g/mol. The lowest BCUT2D eigenvalue weighted by Crippen LogP contribution is -2.42. The standard InChI is InChI=1S/C7H14NO/c1-8(6-7-9)4-2-3-5-8/h7H,2-6H2,1H3/q+1. The summed E-state index contributed by atoms with van der Waals surface area (Å²) in [6.07, 6.45) is 3.63. The van der Waals surface area contributed by atoms with Crippen LogP contribution in [0.15, 0.2) is 0 Å². The van der Waals surface area contributed by atoms with Gasteiger partial charge in [-0.15, -0.1) is 0 Å². The predicted molar refractivity (Wildman–Crippen MR) is 36.1 cm³/mol. The van der Waals surface area contributed by atoms with Gasteiger partial charge in [0.25, 0.3) is 0 Å². The molecule has 0 aromatic rings. The van der Waals surface area contributed by atoms with E-state index in [4.69, 9.17) is 0 Å². The van der Waals surface area contributed by atoms with Crippen LogP contribution in [-0.2, 0) is 4.79 Å². The SMILES string of the molecule is C[N+]1(CC=O)CCCC1. The van der Waals surface area contributed by atoms with E-state index in [9.17, 15) is 4.79 Å². The Morgan fingerprint density at radius 2 is 2.00 bits per heavy atom. The van der Waals surface area contributed by atoms with Crippen molar-refractivity contribution in [1.82, 2.24) is 0 Å². The van der Waals surface area contributed by atoms with Crippen LogP contribution in [0.4, 0.5) is 0 Å². The minimum atomic E-state index is 0.708. The maximum Gasteiger partial charge on any atom is 0.174 e. The number of quaternary nitrogens is 1. The van der Waals surface area contributed by atoms with Crippen LogP contribution < -0.4 is 0 Å². The molecule has 1 saturated heterocycles. The molecule has 0 spiro atoms. The molecule has 2 heteroatoms. The number of aldehydes is 1. The summed E-state index contributed by atoms with van der Waals surface area (Å²) in [5.41, 5.74) is 0. The molecule has 1 aliphatic rings. The van der Waals surface area contributed by atoms with Crippen molar-refractivity contribution in [3.8, 4) is 0 Å². The Morgan fingerprint density at radius 1 is 1.44 bits per heavy atom. The second kappa shape index (κ2) is 2.48. The Hall–Kier alpha value is -0.370. The summed E-state index contributed by atoms with van der Waals surface area (Å²) in [5, 5.41) is 0. The molecule has 0 saturated carbocycles. The predicted octanol–water partition coefficient (Wildman–Crippen LogP) is 0.426. The molecule has 52 valence electrons. The summed E-state index contributed by atoms with van der Waals surface area (Å²) >= 11 is 0. The zero-order chi connectivity index (χ0) is 6.74. The van der Waals surface area contributed by atoms with Gasteiger partial charge < -0.3 is 4.48 Å². The maximum absolute atomic E-state index is 10.2. The molecule has 1 rings (SSSR count). The van der Waals surface area contributed by atoms with Crippen molar-refractivity contribution < 1.29 is 9.28 Å². The van der Waals surface area contributed by atoms with E-state index in [1.165, 1.54) is 25.9 Å². The second-order valence-electron chi connectivity index (χ2n) is 3.12. The third kappa shape index (κ3) is 1.52. The number of hydrogen-bond acceptors (Lipinski definition) is 1. The highest BCUT2D eigenvalue weighted by atomic mass is 16.1. The molecule has 0 atom stereocenters. The highest BCUT2D eigenvalue weighted by Crippen LogP contribution is 2.14. The van der Waals surface area contributed by atoms with Crippen molar-refractivity contribution in [1.29, 1.82) is 0 Å². The lowest BCUT2D eigenvalue weighted by atomic mass is 10.4. The zero-order valence-corrected chi connectivity index (χ0v) is 5.97. The minimum Gasteiger partial charge on any atom is -0.320 e. The van der Waals surface area contributed by atoms with E-state index >= 15 is 0 Å². The monoisotopic (exact) mass is 128 g/mol. The fraction of sp³-hybridized carbons (Fsp3) is 0.857. The third-order valence-corrected chi connectivity index (χ3v) is 2.16. The number of nitrogens with zero attached hydrogens (tertiary/aromatic N) is 1. The molecule has 1 heterocycles. The van der Waals surface area contributed by atoms with Gasteiger partial charge in [0.05, 0.1) is 20.1 Å². The van der Waals surface area contributed by atoms with Crippen molar-refractivity contribution in [2.45, 2.75) is 12.8 Å². The fourth-order valence-electron chi connectivity index (χ4n) is 1.46. The van der Waals surface area contributed by atoms with E-state index < -0.39 is 0 Å². The van der Waals surface area contributed by atoms with Crippen LogP contribution in [0, 0.1) is 0 Å². The van der Waals surface area contributed by atoms with Crippen LogP contribution in [0.3, 0.4) is 0 Å². The van der Waals surface area contributed by atoms with E-state index in [0.717, 1.165) is 10.8 Å². The van der Waals surface area contributed by atoms with Crippen molar-refractivity contribution in [2.24, 2.45) is 0 Å². The molecule has 0 radical (unpaired) electrons. The second-order valence-corrected chi connectivity index (χ2v) is 3.12. The first kappa shape index (κ1) is 6.75. The van der Waals surface area contributed by atoms with E-state index in [1.807, 2.05) is 0 Å². The van der Waals surface area contributed by atoms with Gasteiger partial charge in [0.1, 0.15) is 6.54 Å². The van der Waals surface area contributed by atoms with Crippen molar-refractivity contribution in [2.75, 3.05) is 26.7 Å². The van der Waals surface area contributed by atoms with Gasteiger partial charge in [-0.1, -0.05) is 0 Å². The molecule has 0 N–H and O–H groups in total. The van der Waals surface area contributed by atoms with Crippen molar-refractivity contribution in [3.63, 3.8) is 0 Å². The van der Waals surface area contributed by atoms with Gasteiger partial charge >= 0.3 is 0 Å². The Bertz CT molecular complexity index is 105. The first-order valence-electron chi connectivity index (χ1n) is 3.54. The van der Waals surface area contributed by atoms with Crippen LogP contribution in [0.2, 0.25) is 0 Å². The normalized spacial score (nSPS) is 24.1. The largest absolute Gasteiger partial charge is 0.320 e. The number of likely N-dealkylation sites (tertiary alicyclic amines) is 1. The summed E-state index contributed by atoms with van der Waals surface area (Å²) in [4.78, 5) is 10.2. The average Bonchev–Trinajstić information content (AvgIpc) is 2.16. The molecule has 1 aliphatic heterocycles. The van der Waals surface area contributed by atoms with Gasteiger partial charge in [-0.2, -0.15) is 0 Å². The van der Waals surface area contributed by atoms with Crippen LogP contribution in [0.1, 0.15) is 12.8 Å². The van der Waals surface area contributed by atoms with Crippen molar-refractivity contribution >= 4 is 6.29 Å². The van der Waals surface area contributed by atoms with E-state index in [2.05, 4.69) is 7.05 Å². The first-order chi connectivity index (χ1) is 4.27. The highest BCUT2D eigenvalue weighted by molar-refractivity contribution is 5.50. The maximum atomic E-state index is 10.2. The molecule has 2 nitrogen and oxygen atoms in total. The summed E-state index contributed by atoms with van der Waals surface area (Å²) in [6.45, 7) is 3.09. The van der Waals surface area contributed by atoms with Crippen LogP contribution in [0.5, 0.6) is 0 Å². The van der Waals surface area contributed by atoms with Gasteiger partial charge in [0.2, 0.25) is 0 Å². The van der Waals surface area contributed by atoms with Gasteiger partial charge in [-0.3, -0.25) is 4.79 Å². The topological polar surface area (TPSA) is 17.1 Å². The number of carbonyl (C=O) groups excluding carboxylic acids is 1. The Kier molecular flexibility index (Phi) is 1.86. The summed E-state index contributed by atoms with van der Waals surface area (Å²) < 4.78 is 0.976. The van der Waals surface area contributed by atoms with Gasteiger partial charge in [0, 0.05) is 12.8 Å². The Balaban J connectivity index is 2.40. The molecule has 0 aromatic carbocycles.